The number of para-hydroxylation sites is 1. The zero-order valence-electron chi connectivity index (χ0n) is 8.56. The van der Waals surface area contributed by atoms with Gasteiger partial charge in [0.05, 0.1) is 13.5 Å². The van der Waals surface area contributed by atoms with Gasteiger partial charge in [0.1, 0.15) is 0 Å². The monoisotopic (exact) mass is 193 g/mol. The number of ether oxygens (including phenoxy) is 1. The highest BCUT2D eigenvalue weighted by Gasteiger charge is 2.03. The van der Waals surface area contributed by atoms with Gasteiger partial charge >= 0.3 is 5.97 Å². The molecule has 0 N–H and O–H groups in total. The first-order valence-electron chi connectivity index (χ1n) is 4.57. The highest BCUT2D eigenvalue weighted by atomic mass is 16.5. The fourth-order valence-corrected chi connectivity index (χ4v) is 1.17. The van der Waals surface area contributed by atoms with E-state index in [-0.39, 0.29) is 5.97 Å². The maximum atomic E-state index is 10.9. The number of esters is 1. The van der Waals surface area contributed by atoms with Crippen LogP contribution >= 0.6 is 0 Å². The van der Waals surface area contributed by atoms with Gasteiger partial charge in [0.25, 0.3) is 0 Å². The van der Waals surface area contributed by atoms with Crippen molar-refractivity contribution in [2.45, 2.75) is 6.42 Å². The number of methoxy groups -OCH3 is 1. The second-order valence-electron chi connectivity index (χ2n) is 3.08. The van der Waals surface area contributed by atoms with Gasteiger partial charge in [-0.05, 0) is 12.1 Å². The summed E-state index contributed by atoms with van der Waals surface area (Å²) in [6.07, 6.45) is 0.419. The Morgan fingerprint density at radius 3 is 2.57 bits per heavy atom. The van der Waals surface area contributed by atoms with Crippen LogP contribution in [0.25, 0.3) is 0 Å². The summed E-state index contributed by atoms with van der Waals surface area (Å²) >= 11 is 0. The molecule has 1 aromatic carbocycles. The minimum absolute atomic E-state index is 0.173. The van der Waals surface area contributed by atoms with E-state index in [0.717, 1.165) is 5.69 Å². The molecule has 0 atom stereocenters. The van der Waals surface area contributed by atoms with Gasteiger partial charge in [-0.25, -0.2) is 0 Å². The molecule has 1 rings (SSSR count). The molecule has 0 fully saturated rings. The summed E-state index contributed by atoms with van der Waals surface area (Å²) in [5.74, 6) is -0.173. The lowest BCUT2D eigenvalue weighted by molar-refractivity contribution is -0.140. The molecule has 76 valence electrons. The molecule has 0 saturated carbocycles. The molecule has 0 saturated heterocycles. The summed E-state index contributed by atoms with van der Waals surface area (Å²) in [4.78, 5) is 12.9. The number of benzene rings is 1. The number of anilines is 1. The van der Waals surface area contributed by atoms with Crippen molar-refractivity contribution in [2.24, 2.45) is 0 Å². The molecular weight excluding hydrogens is 178 g/mol. The second-order valence-corrected chi connectivity index (χ2v) is 3.08. The summed E-state index contributed by atoms with van der Waals surface area (Å²) < 4.78 is 4.57. The molecular formula is C11H15NO2. The summed E-state index contributed by atoms with van der Waals surface area (Å²) in [5, 5.41) is 0. The van der Waals surface area contributed by atoms with Crippen LogP contribution in [0.1, 0.15) is 6.42 Å². The van der Waals surface area contributed by atoms with Crippen LogP contribution in [0.2, 0.25) is 0 Å². The maximum Gasteiger partial charge on any atom is 0.307 e. The van der Waals surface area contributed by atoms with Gasteiger partial charge in [0.15, 0.2) is 0 Å². The molecule has 0 radical (unpaired) electrons. The Hall–Kier alpha value is -1.51. The van der Waals surface area contributed by atoms with Gasteiger partial charge in [0.2, 0.25) is 0 Å². The highest BCUT2D eigenvalue weighted by molar-refractivity contribution is 5.70. The van der Waals surface area contributed by atoms with E-state index in [1.165, 1.54) is 7.11 Å². The SMILES string of the molecule is COC(=O)CCN(C)c1ccccc1. The third-order valence-electron chi connectivity index (χ3n) is 2.08. The molecule has 0 aromatic heterocycles. The lowest BCUT2D eigenvalue weighted by atomic mass is 10.3. The minimum atomic E-state index is -0.173. The predicted octanol–water partition coefficient (Wildman–Crippen LogP) is 1.69. The molecule has 0 aliphatic carbocycles. The standard InChI is InChI=1S/C11H15NO2/c1-12(9-8-11(13)14-2)10-6-4-3-5-7-10/h3-7H,8-9H2,1-2H3. The molecule has 0 spiro atoms. The molecule has 0 aliphatic rings. The van der Waals surface area contributed by atoms with Crippen LogP contribution in [0.5, 0.6) is 0 Å². The van der Waals surface area contributed by atoms with Crippen molar-refractivity contribution < 1.29 is 9.53 Å². The summed E-state index contributed by atoms with van der Waals surface area (Å²) in [7, 11) is 3.36. The summed E-state index contributed by atoms with van der Waals surface area (Å²) in [6, 6.07) is 9.94. The number of hydrogen-bond donors (Lipinski definition) is 0. The van der Waals surface area contributed by atoms with Crippen LogP contribution in [-0.2, 0) is 9.53 Å². The van der Waals surface area contributed by atoms with E-state index in [9.17, 15) is 4.79 Å². The summed E-state index contributed by atoms with van der Waals surface area (Å²) in [5.41, 5.74) is 1.11. The number of rotatable bonds is 4. The number of nitrogens with zero attached hydrogens (tertiary/aromatic N) is 1. The van der Waals surface area contributed by atoms with Crippen LogP contribution < -0.4 is 4.90 Å². The van der Waals surface area contributed by atoms with Gasteiger partial charge in [0, 0.05) is 19.3 Å². The van der Waals surface area contributed by atoms with Gasteiger partial charge in [-0.3, -0.25) is 4.79 Å². The molecule has 0 amide bonds. The molecule has 3 heteroatoms. The van der Waals surface area contributed by atoms with E-state index in [1.54, 1.807) is 0 Å². The Morgan fingerprint density at radius 2 is 2.00 bits per heavy atom. The van der Waals surface area contributed by atoms with Crippen molar-refractivity contribution in [3.8, 4) is 0 Å². The van der Waals surface area contributed by atoms with E-state index in [2.05, 4.69) is 4.74 Å². The average Bonchev–Trinajstić information content (AvgIpc) is 2.26. The van der Waals surface area contributed by atoms with Crippen molar-refractivity contribution in [2.75, 3.05) is 25.6 Å². The fourth-order valence-electron chi connectivity index (χ4n) is 1.17. The van der Waals surface area contributed by atoms with Crippen LogP contribution in [0.4, 0.5) is 5.69 Å². The number of hydrogen-bond acceptors (Lipinski definition) is 3. The normalized spacial score (nSPS) is 9.57. The van der Waals surface area contributed by atoms with E-state index in [1.807, 2.05) is 42.3 Å². The second kappa shape index (κ2) is 5.27. The Kier molecular flexibility index (Phi) is 3.98. The van der Waals surface area contributed by atoms with Crippen LogP contribution in [0.15, 0.2) is 30.3 Å². The molecule has 14 heavy (non-hydrogen) atoms. The molecule has 3 nitrogen and oxygen atoms in total. The molecule has 0 heterocycles. The van der Waals surface area contributed by atoms with E-state index in [0.29, 0.717) is 13.0 Å². The Labute approximate surface area is 84.3 Å². The average molecular weight is 193 g/mol. The van der Waals surface area contributed by atoms with Gasteiger partial charge in [-0.1, -0.05) is 18.2 Å². The van der Waals surface area contributed by atoms with E-state index < -0.39 is 0 Å². The molecule has 0 unspecified atom stereocenters. The fraction of sp³-hybridized carbons (Fsp3) is 0.364. The van der Waals surface area contributed by atoms with Crippen molar-refractivity contribution >= 4 is 11.7 Å². The van der Waals surface area contributed by atoms with Crippen molar-refractivity contribution in [3.05, 3.63) is 30.3 Å². The Balaban J connectivity index is 2.43. The van der Waals surface area contributed by atoms with Crippen molar-refractivity contribution in [1.29, 1.82) is 0 Å². The summed E-state index contributed by atoms with van der Waals surface area (Å²) in [6.45, 7) is 0.677. The number of carbonyl (C=O) groups excluding carboxylic acids is 1. The van der Waals surface area contributed by atoms with E-state index in [4.69, 9.17) is 0 Å². The smallest absolute Gasteiger partial charge is 0.307 e. The highest BCUT2D eigenvalue weighted by Crippen LogP contribution is 2.10. The topological polar surface area (TPSA) is 29.5 Å². The Morgan fingerprint density at radius 1 is 1.36 bits per heavy atom. The zero-order valence-corrected chi connectivity index (χ0v) is 8.56. The van der Waals surface area contributed by atoms with E-state index >= 15 is 0 Å². The van der Waals surface area contributed by atoms with Gasteiger partial charge in [-0.15, -0.1) is 0 Å². The van der Waals surface area contributed by atoms with Crippen molar-refractivity contribution in [3.63, 3.8) is 0 Å². The largest absolute Gasteiger partial charge is 0.469 e. The number of carbonyl (C=O) groups is 1. The third-order valence-corrected chi connectivity index (χ3v) is 2.08. The molecule has 0 aliphatic heterocycles. The van der Waals surface area contributed by atoms with Gasteiger partial charge < -0.3 is 9.64 Å². The van der Waals surface area contributed by atoms with Crippen LogP contribution in [0, 0.1) is 0 Å². The maximum absolute atomic E-state index is 10.9. The lowest BCUT2D eigenvalue weighted by Gasteiger charge is -2.18. The first-order chi connectivity index (χ1) is 6.74. The van der Waals surface area contributed by atoms with Crippen LogP contribution in [-0.4, -0.2) is 26.7 Å². The molecule has 1 aromatic rings. The first kappa shape index (κ1) is 10.6. The lowest BCUT2D eigenvalue weighted by Crippen LogP contribution is -2.21. The Bertz CT molecular complexity index is 285. The minimum Gasteiger partial charge on any atom is -0.469 e. The first-order valence-corrected chi connectivity index (χ1v) is 4.57. The van der Waals surface area contributed by atoms with Gasteiger partial charge in [-0.2, -0.15) is 0 Å². The third kappa shape index (κ3) is 3.09. The quantitative estimate of drug-likeness (QED) is 0.681. The predicted molar refractivity (Wildman–Crippen MR) is 56.3 cm³/mol. The molecule has 0 bridgehead atoms. The van der Waals surface area contributed by atoms with Crippen LogP contribution in [0.3, 0.4) is 0 Å². The zero-order chi connectivity index (χ0) is 10.4. The van der Waals surface area contributed by atoms with Crippen molar-refractivity contribution in [1.82, 2.24) is 0 Å².